The van der Waals surface area contributed by atoms with Crippen LogP contribution in [0.5, 0.6) is 0 Å². The number of carbonyl (C=O) groups is 2. The van der Waals surface area contributed by atoms with E-state index in [1.165, 1.54) is 11.3 Å². The van der Waals surface area contributed by atoms with Gasteiger partial charge in [0.1, 0.15) is 5.88 Å². The molecule has 1 aromatic heterocycles. The fourth-order valence-electron chi connectivity index (χ4n) is 2.04. The van der Waals surface area contributed by atoms with Crippen molar-refractivity contribution in [2.75, 3.05) is 17.8 Å². The van der Waals surface area contributed by atoms with Crippen molar-refractivity contribution in [1.82, 2.24) is 4.98 Å². The van der Waals surface area contributed by atoms with Crippen LogP contribution < -0.4 is 5.32 Å². The normalized spacial score (nSPS) is 17.7. The summed E-state index contributed by atoms with van der Waals surface area (Å²) in [6.45, 7) is 2.21. The third-order valence-electron chi connectivity index (χ3n) is 2.93. The Kier molecular flexibility index (Phi) is 4.76. The molecule has 1 heterocycles. The number of carbonyl (C=O) groups excluding carboxylic acids is 2. The van der Waals surface area contributed by atoms with Gasteiger partial charge in [-0.2, -0.15) is 0 Å². The molecule has 1 amide bonds. The van der Waals surface area contributed by atoms with E-state index in [-0.39, 0.29) is 23.7 Å². The molecule has 1 atom stereocenters. The summed E-state index contributed by atoms with van der Waals surface area (Å²) in [7, 11) is 0. The van der Waals surface area contributed by atoms with Gasteiger partial charge in [-0.25, -0.2) is 4.98 Å². The van der Waals surface area contributed by atoms with Crippen molar-refractivity contribution < 1.29 is 14.3 Å². The van der Waals surface area contributed by atoms with E-state index in [0.717, 1.165) is 23.4 Å². The van der Waals surface area contributed by atoms with Crippen LogP contribution in [0.1, 0.15) is 23.9 Å². The summed E-state index contributed by atoms with van der Waals surface area (Å²) in [6.07, 6.45) is 2.13. The van der Waals surface area contributed by atoms with Gasteiger partial charge in [-0.1, -0.05) is 0 Å². The molecule has 0 aromatic carbocycles. The molecule has 1 aliphatic rings. The fourth-order valence-corrected chi connectivity index (χ4v) is 3.21. The Balaban J connectivity index is 2.04. The highest BCUT2D eigenvalue weighted by atomic mass is 35.5. The maximum Gasteiger partial charge on any atom is 0.309 e. The van der Waals surface area contributed by atoms with Crippen molar-refractivity contribution in [2.45, 2.75) is 26.2 Å². The van der Waals surface area contributed by atoms with Gasteiger partial charge in [0.2, 0.25) is 5.91 Å². The molecule has 1 aliphatic carbocycles. The van der Waals surface area contributed by atoms with Crippen molar-refractivity contribution >= 4 is 39.9 Å². The zero-order chi connectivity index (χ0) is 13.8. The predicted molar refractivity (Wildman–Crippen MR) is 73.6 cm³/mol. The number of hydrogen-bond acceptors (Lipinski definition) is 5. The second kappa shape index (κ2) is 6.34. The number of alkyl halides is 1. The highest BCUT2D eigenvalue weighted by molar-refractivity contribution is 7.15. The molecule has 2 rings (SSSR count). The number of aromatic nitrogens is 1. The summed E-state index contributed by atoms with van der Waals surface area (Å²) in [5.74, 6) is -0.595. The maximum atomic E-state index is 11.7. The van der Waals surface area contributed by atoms with E-state index in [9.17, 15) is 9.59 Å². The molecule has 0 bridgehead atoms. The summed E-state index contributed by atoms with van der Waals surface area (Å²) < 4.78 is 5.04. The number of amides is 1. The molecule has 7 heteroatoms. The zero-order valence-corrected chi connectivity index (χ0v) is 12.1. The minimum Gasteiger partial charge on any atom is -0.466 e. The number of ether oxygens (including phenoxy) is 1. The third-order valence-corrected chi connectivity index (χ3v) is 4.21. The second-order valence-electron chi connectivity index (χ2n) is 4.26. The predicted octanol–water partition coefficient (Wildman–Crippen LogP) is 1.99. The molecule has 0 aliphatic heterocycles. The van der Waals surface area contributed by atoms with Crippen molar-refractivity contribution in [3.8, 4) is 0 Å². The van der Waals surface area contributed by atoms with Gasteiger partial charge < -0.3 is 10.1 Å². The van der Waals surface area contributed by atoms with E-state index in [4.69, 9.17) is 16.3 Å². The van der Waals surface area contributed by atoms with Crippen LogP contribution in [0.2, 0.25) is 0 Å². The Morgan fingerprint density at radius 3 is 3.05 bits per heavy atom. The van der Waals surface area contributed by atoms with Gasteiger partial charge in [-0.05, 0) is 26.2 Å². The molecule has 0 radical (unpaired) electrons. The molecule has 0 fully saturated rings. The summed E-state index contributed by atoms with van der Waals surface area (Å²) in [5, 5.41) is 3.19. The van der Waals surface area contributed by atoms with Gasteiger partial charge in [-0.3, -0.25) is 9.59 Å². The van der Waals surface area contributed by atoms with Crippen LogP contribution in [0.4, 0.5) is 5.13 Å². The van der Waals surface area contributed by atoms with E-state index in [1.54, 1.807) is 6.92 Å². The number of hydrogen-bond donors (Lipinski definition) is 1. The van der Waals surface area contributed by atoms with E-state index in [0.29, 0.717) is 18.2 Å². The molecular weight excluding hydrogens is 288 g/mol. The van der Waals surface area contributed by atoms with Crippen LogP contribution in [-0.2, 0) is 27.2 Å². The van der Waals surface area contributed by atoms with Crippen molar-refractivity contribution in [3.05, 3.63) is 10.6 Å². The number of esters is 1. The Hall–Kier alpha value is -1.14. The minimum atomic E-state index is -0.269. The number of thiazole rings is 1. The number of anilines is 1. The number of nitrogens with zero attached hydrogens (tertiary/aromatic N) is 1. The summed E-state index contributed by atoms with van der Waals surface area (Å²) in [4.78, 5) is 28.3. The molecule has 0 spiro atoms. The number of fused-ring (bicyclic) bond motifs is 1. The van der Waals surface area contributed by atoms with Gasteiger partial charge in [0, 0.05) is 4.88 Å². The van der Waals surface area contributed by atoms with Crippen LogP contribution in [0.15, 0.2) is 0 Å². The molecule has 1 unspecified atom stereocenters. The SMILES string of the molecule is CCOC(=O)C1CCc2nc(NC(=O)CCl)sc2C1. The summed E-state index contributed by atoms with van der Waals surface area (Å²) in [5.41, 5.74) is 0.968. The Labute approximate surface area is 120 Å². The highest BCUT2D eigenvalue weighted by Gasteiger charge is 2.28. The number of halogens is 1. The second-order valence-corrected chi connectivity index (χ2v) is 5.61. The van der Waals surface area contributed by atoms with E-state index in [2.05, 4.69) is 10.3 Å². The first-order valence-corrected chi connectivity index (χ1v) is 7.50. The van der Waals surface area contributed by atoms with Gasteiger partial charge in [0.05, 0.1) is 18.2 Å². The molecule has 0 saturated heterocycles. The lowest BCUT2D eigenvalue weighted by Crippen LogP contribution is -2.24. The molecule has 0 saturated carbocycles. The third kappa shape index (κ3) is 3.45. The average Bonchev–Trinajstić information content (AvgIpc) is 2.79. The van der Waals surface area contributed by atoms with Gasteiger partial charge in [-0.15, -0.1) is 22.9 Å². The standard InChI is InChI=1S/C12H15ClN2O3S/c1-2-18-11(17)7-3-4-8-9(5-7)19-12(14-8)15-10(16)6-13/h7H,2-6H2,1H3,(H,14,15,16). The molecule has 1 N–H and O–H groups in total. The van der Waals surface area contributed by atoms with E-state index < -0.39 is 0 Å². The number of rotatable bonds is 4. The van der Waals surface area contributed by atoms with Gasteiger partial charge >= 0.3 is 5.97 Å². The molecule has 5 nitrogen and oxygen atoms in total. The van der Waals surface area contributed by atoms with Crippen molar-refractivity contribution in [2.24, 2.45) is 5.92 Å². The topological polar surface area (TPSA) is 68.3 Å². The van der Waals surface area contributed by atoms with Crippen LogP contribution in [0.3, 0.4) is 0 Å². The van der Waals surface area contributed by atoms with Crippen molar-refractivity contribution in [1.29, 1.82) is 0 Å². The molecule has 104 valence electrons. The molecule has 19 heavy (non-hydrogen) atoms. The van der Waals surface area contributed by atoms with Crippen LogP contribution in [0, 0.1) is 5.92 Å². The minimum absolute atomic E-state index is 0.0876. The number of aryl methyl sites for hydroxylation is 1. The first-order chi connectivity index (χ1) is 9.13. The lowest BCUT2D eigenvalue weighted by molar-refractivity contribution is -0.148. The number of nitrogens with one attached hydrogen (secondary N) is 1. The van der Waals surface area contributed by atoms with Crippen molar-refractivity contribution in [3.63, 3.8) is 0 Å². The lowest BCUT2D eigenvalue weighted by Gasteiger charge is -2.18. The van der Waals surface area contributed by atoms with Gasteiger partial charge in [0.15, 0.2) is 5.13 Å². The molecular formula is C12H15ClN2O3S. The van der Waals surface area contributed by atoms with Crippen LogP contribution in [0.25, 0.3) is 0 Å². The zero-order valence-electron chi connectivity index (χ0n) is 10.6. The maximum absolute atomic E-state index is 11.7. The van der Waals surface area contributed by atoms with Gasteiger partial charge in [0.25, 0.3) is 0 Å². The Bertz CT molecular complexity index is 489. The highest BCUT2D eigenvalue weighted by Crippen LogP contribution is 2.32. The summed E-state index contributed by atoms with van der Waals surface area (Å²) in [6, 6.07) is 0. The first-order valence-electron chi connectivity index (χ1n) is 6.15. The largest absolute Gasteiger partial charge is 0.466 e. The quantitative estimate of drug-likeness (QED) is 0.682. The molecule has 1 aromatic rings. The lowest BCUT2D eigenvalue weighted by atomic mass is 9.91. The Morgan fingerprint density at radius 2 is 2.37 bits per heavy atom. The monoisotopic (exact) mass is 302 g/mol. The van der Waals surface area contributed by atoms with Crippen LogP contribution >= 0.6 is 22.9 Å². The van der Waals surface area contributed by atoms with Crippen LogP contribution in [-0.4, -0.2) is 29.3 Å². The fraction of sp³-hybridized carbons (Fsp3) is 0.583. The smallest absolute Gasteiger partial charge is 0.309 e. The Morgan fingerprint density at radius 1 is 1.58 bits per heavy atom. The van der Waals surface area contributed by atoms with E-state index >= 15 is 0 Å². The van der Waals surface area contributed by atoms with E-state index in [1.807, 2.05) is 0 Å². The first kappa shape index (κ1) is 14.3. The average molecular weight is 303 g/mol. The summed E-state index contributed by atoms with van der Waals surface area (Å²) >= 11 is 6.84.